The molecule has 3 nitrogen and oxygen atoms in total. The fraction of sp³-hybridized carbons (Fsp3) is 0.312. The first kappa shape index (κ1) is 13.6. The van der Waals surface area contributed by atoms with Crippen molar-refractivity contribution in [3.8, 4) is 5.75 Å². The number of ether oxygens (including phenoxy) is 1. The van der Waals surface area contributed by atoms with Gasteiger partial charge in [0, 0.05) is 24.5 Å². The highest BCUT2D eigenvalue weighted by atomic mass is 16.5. The lowest BCUT2D eigenvalue weighted by atomic mass is 10.1. The third-order valence-corrected chi connectivity index (χ3v) is 3.20. The predicted molar refractivity (Wildman–Crippen MR) is 77.2 cm³/mol. The molecule has 100 valence electrons. The molecule has 0 radical (unpaired) electrons. The van der Waals surface area contributed by atoms with Crippen molar-refractivity contribution in [2.45, 2.75) is 26.4 Å². The minimum atomic E-state index is 0.298. The van der Waals surface area contributed by atoms with E-state index in [4.69, 9.17) is 4.74 Å². The van der Waals surface area contributed by atoms with Crippen molar-refractivity contribution in [1.29, 1.82) is 0 Å². The van der Waals surface area contributed by atoms with Crippen molar-refractivity contribution in [1.82, 2.24) is 10.3 Å². The molecule has 1 N–H and O–H groups in total. The van der Waals surface area contributed by atoms with Gasteiger partial charge < -0.3 is 10.1 Å². The molecule has 0 aliphatic carbocycles. The van der Waals surface area contributed by atoms with Crippen molar-refractivity contribution >= 4 is 0 Å². The summed E-state index contributed by atoms with van der Waals surface area (Å²) in [5.41, 5.74) is 3.50. The van der Waals surface area contributed by atoms with E-state index in [1.54, 1.807) is 7.11 Å². The van der Waals surface area contributed by atoms with Gasteiger partial charge in [-0.2, -0.15) is 0 Å². The molecule has 0 unspecified atom stereocenters. The van der Waals surface area contributed by atoms with E-state index in [1.165, 1.54) is 11.1 Å². The van der Waals surface area contributed by atoms with Crippen LogP contribution < -0.4 is 10.1 Å². The van der Waals surface area contributed by atoms with Crippen LogP contribution in [0.4, 0.5) is 0 Å². The highest BCUT2D eigenvalue weighted by Crippen LogP contribution is 2.17. The molecule has 0 saturated carbocycles. The summed E-state index contributed by atoms with van der Waals surface area (Å²) in [6.45, 7) is 4.97. The van der Waals surface area contributed by atoms with Crippen LogP contribution in [0.2, 0.25) is 0 Å². The molecule has 1 heterocycles. The molecule has 0 spiro atoms. The molecule has 1 aromatic heterocycles. The van der Waals surface area contributed by atoms with Gasteiger partial charge in [-0.25, -0.2) is 0 Å². The third kappa shape index (κ3) is 3.80. The van der Waals surface area contributed by atoms with E-state index >= 15 is 0 Å². The van der Waals surface area contributed by atoms with E-state index in [0.29, 0.717) is 6.04 Å². The Kier molecular flexibility index (Phi) is 4.53. The third-order valence-electron chi connectivity index (χ3n) is 3.20. The number of hydrogen-bond donors (Lipinski definition) is 1. The zero-order valence-corrected chi connectivity index (χ0v) is 11.7. The average molecular weight is 256 g/mol. The van der Waals surface area contributed by atoms with E-state index < -0.39 is 0 Å². The predicted octanol–water partition coefficient (Wildman–Crippen LogP) is 3.25. The van der Waals surface area contributed by atoms with Crippen molar-refractivity contribution in [2.75, 3.05) is 7.11 Å². The van der Waals surface area contributed by atoms with Gasteiger partial charge in [0.25, 0.3) is 0 Å². The number of hydrogen-bond acceptors (Lipinski definition) is 3. The maximum Gasteiger partial charge on any atom is 0.118 e. The molecule has 0 aliphatic rings. The summed E-state index contributed by atoms with van der Waals surface area (Å²) < 4.78 is 5.16. The van der Waals surface area contributed by atoms with Gasteiger partial charge in [-0.3, -0.25) is 4.98 Å². The van der Waals surface area contributed by atoms with Gasteiger partial charge in [0.05, 0.1) is 7.11 Å². The SMILES string of the molecule is COc1ccc([C@@H](C)NCc2ccc(C)nc2)cc1. The first-order chi connectivity index (χ1) is 9.19. The Morgan fingerprint density at radius 2 is 1.89 bits per heavy atom. The lowest BCUT2D eigenvalue weighted by Gasteiger charge is -2.14. The smallest absolute Gasteiger partial charge is 0.118 e. The highest BCUT2D eigenvalue weighted by Gasteiger charge is 2.05. The van der Waals surface area contributed by atoms with Gasteiger partial charge in [-0.15, -0.1) is 0 Å². The molecular formula is C16H20N2O. The molecule has 1 aromatic carbocycles. The zero-order valence-electron chi connectivity index (χ0n) is 11.7. The highest BCUT2D eigenvalue weighted by molar-refractivity contribution is 5.28. The summed E-state index contributed by atoms with van der Waals surface area (Å²) in [5, 5.41) is 3.49. The van der Waals surface area contributed by atoms with Crippen LogP contribution >= 0.6 is 0 Å². The Balaban J connectivity index is 1.93. The average Bonchev–Trinajstić information content (AvgIpc) is 2.46. The molecule has 0 amide bonds. The summed E-state index contributed by atoms with van der Waals surface area (Å²) in [5.74, 6) is 0.888. The Morgan fingerprint density at radius 1 is 1.16 bits per heavy atom. The van der Waals surface area contributed by atoms with E-state index in [2.05, 4.69) is 35.4 Å². The summed E-state index contributed by atoms with van der Waals surface area (Å²) >= 11 is 0. The van der Waals surface area contributed by atoms with Crippen molar-refractivity contribution in [3.05, 3.63) is 59.4 Å². The molecule has 0 fully saturated rings. The molecular weight excluding hydrogens is 236 g/mol. The number of nitrogens with one attached hydrogen (secondary N) is 1. The first-order valence-corrected chi connectivity index (χ1v) is 6.48. The van der Waals surface area contributed by atoms with Gasteiger partial charge in [0.2, 0.25) is 0 Å². The topological polar surface area (TPSA) is 34.1 Å². The second-order valence-corrected chi connectivity index (χ2v) is 4.68. The van der Waals surface area contributed by atoms with Crippen LogP contribution in [0, 0.1) is 6.92 Å². The Labute approximate surface area is 114 Å². The van der Waals surface area contributed by atoms with Gasteiger partial charge in [0.15, 0.2) is 0 Å². The van der Waals surface area contributed by atoms with Crippen LogP contribution in [-0.2, 0) is 6.54 Å². The van der Waals surface area contributed by atoms with Crippen LogP contribution in [0.1, 0.15) is 29.8 Å². The maximum absolute atomic E-state index is 5.16. The zero-order chi connectivity index (χ0) is 13.7. The van der Waals surface area contributed by atoms with Crippen LogP contribution in [-0.4, -0.2) is 12.1 Å². The van der Waals surface area contributed by atoms with Gasteiger partial charge in [-0.1, -0.05) is 18.2 Å². The summed E-state index contributed by atoms with van der Waals surface area (Å²) in [6, 6.07) is 12.6. The number of aryl methyl sites for hydroxylation is 1. The minimum absolute atomic E-state index is 0.298. The van der Waals surface area contributed by atoms with Crippen LogP contribution in [0.25, 0.3) is 0 Å². The maximum atomic E-state index is 5.16. The van der Waals surface area contributed by atoms with E-state index in [1.807, 2.05) is 31.3 Å². The van der Waals surface area contributed by atoms with Crippen LogP contribution in [0.3, 0.4) is 0 Å². The lowest BCUT2D eigenvalue weighted by Crippen LogP contribution is -2.18. The standard InChI is InChI=1S/C16H20N2O/c1-12-4-5-14(10-17-12)11-18-13(2)15-6-8-16(19-3)9-7-15/h4-10,13,18H,11H2,1-3H3/t13-/m1/s1. The van der Waals surface area contributed by atoms with Crippen LogP contribution in [0.5, 0.6) is 5.75 Å². The monoisotopic (exact) mass is 256 g/mol. The van der Waals surface area contributed by atoms with Gasteiger partial charge >= 0.3 is 0 Å². The number of aromatic nitrogens is 1. The molecule has 2 rings (SSSR count). The fourth-order valence-corrected chi connectivity index (χ4v) is 1.88. The Hall–Kier alpha value is -1.87. The summed E-state index contributed by atoms with van der Waals surface area (Å²) in [7, 11) is 1.68. The van der Waals surface area contributed by atoms with Gasteiger partial charge in [-0.05, 0) is 43.2 Å². The molecule has 2 aromatic rings. The second-order valence-electron chi connectivity index (χ2n) is 4.68. The molecule has 19 heavy (non-hydrogen) atoms. The van der Waals surface area contributed by atoms with Gasteiger partial charge in [0.1, 0.15) is 5.75 Å². The largest absolute Gasteiger partial charge is 0.497 e. The molecule has 0 saturated heterocycles. The number of methoxy groups -OCH3 is 1. The number of nitrogens with zero attached hydrogens (tertiary/aromatic N) is 1. The van der Waals surface area contributed by atoms with E-state index in [0.717, 1.165) is 18.0 Å². The summed E-state index contributed by atoms with van der Waals surface area (Å²) in [4.78, 5) is 4.30. The number of pyridine rings is 1. The van der Waals surface area contributed by atoms with E-state index in [9.17, 15) is 0 Å². The van der Waals surface area contributed by atoms with Crippen molar-refractivity contribution in [2.24, 2.45) is 0 Å². The molecule has 1 atom stereocenters. The fourth-order valence-electron chi connectivity index (χ4n) is 1.88. The number of rotatable bonds is 5. The quantitative estimate of drug-likeness (QED) is 0.891. The lowest BCUT2D eigenvalue weighted by molar-refractivity contribution is 0.414. The molecule has 0 aliphatic heterocycles. The summed E-state index contributed by atoms with van der Waals surface area (Å²) in [6.07, 6.45) is 1.92. The normalized spacial score (nSPS) is 12.2. The number of benzene rings is 1. The van der Waals surface area contributed by atoms with Crippen molar-refractivity contribution in [3.63, 3.8) is 0 Å². The van der Waals surface area contributed by atoms with Crippen LogP contribution in [0.15, 0.2) is 42.6 Å². The first-order valence-electron chi connectivity index (χ1n) is 6.48. The molecule has 3 heteroatoms. The Morgan fingerprint density at radius 3 is 2.47 bits per heavy atom. The molecule has 0 bridgehead atoms. The van der Waals surface area contributed by atoms with Crippen molar-refractivity contribution < 1.29 is 4.74 Å². The van der Waals surface area contributed by atoms with E-state index in [-0.39, 0.29) is 0 Å². The second kappa shape index (κ2) is 6.34. The Bertz CT molecular complexity index is 505. The minimum Gasteiger partial charge on any atom is -0.497 e.